The van der Waals surface area contributed by atoms with Crippen LogP contribution in [0.3, 0.4) is 0 Å². The number of anilines is 1. The molecule has 0 unspecified atom stereocenters. The first-order chi connectivity index (χ1) is 12.1. The summed E-state index contributed by atoms with van der Waals surface area (Å²) < 4.78 is 5.31. The predicted molar refractivity (Wildman–Crippen MR) is 93.3 cm³/mol. The summed E-state index contributed by atoms with van der Waals surface area (Å²) in [5, 5.41) is 12.2. The van der Waals surface area contributed by atoms with Crippen LogP contribution in [0.15, 0.2) is 48.5 Å². The molecule has 6 heteroatoms. The number of rotatable bonds is 5. The molecule has 6 nitrogen and oxygen atoms in total. The van der Waals surface area contributed by atoms with Crippen molar-refractivity contribution in [2.45, 2.75) is 13.0 Å². The van der Waals surface area contributed by atoms with E-state index in [2.05, 4.69) is 5.32 Å². The lowest BCUT2D eigenvalue weighted by molar-refractivity contribution is -0.128. The van der Waals surface area contributed by atoms with E-state index in [4.69, 9.17) is 4.74 Å². The van der Waals surface area contributed by atoms with Crippen LogP contribution in [0.4, 0.5) is 5.69 Å². The summed E-state index contributed by atoms with van der Waals surface area (Å²) in [5.74, 6) is 0.119. The van der Waals surface area contributed by atoms with Crippen LogP contribution in [-0.2, 0) is 16.1 Å². The molecule has 2 amide bonds. The molecule has 2 N–H and O–H groups in total. The zero-order valence-electron chi connectivity index (χ0n) is 13.9. The minimum absolute atomic E-state index is 0.0537. The maximum atomic E-state index is 12.4. The van der Waals surface area contributed by atoms with Gasteiger partial charge < -0.3 is 20.1 Å². The van der Waals surface area contributed by atoms with Crippen LogP contribution in [0.1, 0.15) is 12.0 Å². The van der Waals surface area contributed by atoms with Crippen LogP contribution in [0, 0.1) is 5.92 Å². The second-order valence-corrected chi connectivity index (χ2v) is 6.03. The molecule has 1 saturated heterocycles. The van der Waals surface area contributed by atoms with Gasteiger partial charge >= 0.3 is 0 Å². The number of methoxy groups -OCH3 is 1. The molecule has 2 aromatic rings. The number of hydrogen-bond donors (Lipinski definition) is 2. The van der Waals surface area contributed by atoms with Gasteiger partial charge in [0, 0.05) is 36.8 Å². The summed E-state index contributed by atoms with van der Waals surface area (Å²) in [4.78, 5) is 26.3. The highest BCUT2D eigenvalue weighted by Crippen LogP contribution is 2.26. The molecule has 0 aliphatic carbocycles. The largest absolute Gasteiger partial charge is 0.508 e. The number of likely N-dealkylation sites (tertiary alicyclic amines) is 1. The molecule has 0 aromatic heterocycles. The molecule has 1 atom stereocenters. The third-order valence-electron chi connectivity index (χ3n) is 4.25. The Morgan fingerprint density at radius 3 is 2.84 bits per heavy atom. The Hall–Kier alpha value is -3.02. The topological polar surface area (TPSA) is 78.9 Å². The van der Waals surface area contributed by atoms with Crippen molar-refractivity contribution in [3.63, 3.8) is 0 Å². The molecule has 2 aromatic carbocycles. The number of benzene rings is 2. The number of nitrogens with one attached hydrogen (secondary N) is 1. The smallest absolute Gasteiger partial charge is 0.229 e. The lowest BCUT2D eigenvalue weighted by Gasteiger charge is -2.18. The van der Waals surface area contributed by atoms with Crippen molar-refractivity contribution in [2.24, 2.45) is 5.92 Å². The van der Waals surface area contributed by atoms with E-state index in [-0.39, 0.29) is 24.0 Å². The van der Waals surface area contributed by atoms with E-state index >= 15 is 0 Å². The Bertz CT molecular complexity index is 790. The predicted octanol–water partition coefficient (Wildman–Crippen LogP) is 2.39. The summed E-state index contributed by atoms with van der Waals surface area (Å²) in [7, 11) is 1.59. The fourth-order valence-corrected chi connectivity index (χ4v) is 2.97. The van der Waals surface area contributed by atoms with E-state index < -0.39 is 5.92 Å². The van der Waals surface area contributed by atoms with Gasteiger partial charge in [-0.3, -0.25) is 9.59 Å². The molecule has 0 bridgehead atoms. The fraction of sp³-hybridized carbons (Fsp3) is 0.263. The third-order valence-corrected chi connectivity index (χ3v) is 4.25. The molecule has 1 aliphatic rings. The number of carbonyl (C=O) groups is 2. The van der Waals surface area contributed by atoms with Crippen molar-refractivity contribution in [3.8, 4) is 11.5 Å². The summed E-state index contributed by atoms with van der Waals surface area (Å²) in [6, 6.07) is 13.9. The highest BCUT2D eigenvalue weighted by molar-refractivity contribution is 5.97. The Morgan fingerprint density at radius 1 is 1.28 bits per heavy atom. The second kappa shape index (κ2) is 7.25. The molecule has 3 rings (SSSR count). The molecule has 1 fully saturated rings. The first-order valence-electron chi connectivity index (χ1n) is 8.06. The van der Waals surface area contributed by atoms with Gasteiger partial charge in [0.1, 0.15) is 11.5 Å². The second-order valence-electron chi connectivity index (χ2n) is 6.03. The average molecular weight is 340 g/mol. The Kier molecular flexibility index (Phi) is 4.88. The molecular formula is C19H20N2O4. The first-order valence-corrected chi connectivity index (χ1v) is 8.06. The lowest BCUT2D eigenvalue weighted by Crippen LogP contribution is -2.28. The van der Waals surface area contributed by atoms with E-state index in [0.717, 1.165) is 11.3 Å². The van der Waals surface area contributed by atoms with Crippen LogP contribution < -0.4 is 10.1 Å². The number of ether oxygens (including phenoxy) is 1. The van der Waals surface area contributed by atoms with E-state index in [1.54, 1.807) is 24.1 Å². The van der Waals surface area contributed by atoms with Gasteiger partial charge in [-0.25, -0.2) is 0 Å². The summed E-state index contributed by atoms with van der Waals surface area (Å²) in [6.45, 7) is 0.778. The SMILES string of the molecule is COc1ccccc1CN1C[C@@H](C(=O)Nc2cccc(O)c2)CC1=O. The van der Waals surface area contributed by atoms with E-state index in [0.29, 0.717) is 18.8 Å². The van der Waals surface area contributed by atoms with Crippen LogP contribution in [0.25, 0.3) is 0 Å². The number of nitrogens with zero attached hydrogens (tertiary/aromatic N) is 1. The van der Waals surface area contributed by atoms with Gasteiger partial charge in [0.25, 0.3) is 0 Å². The highest BCUT2D eigenvalue weighted by atomic mass is 16.5. The van der Waals surface area contributed by atoms with Crippen molar-refractivity contribution >= 4 is 17.5 Å². The number of amides is 2. The highest BCUT2D eigenvalue weighted by Gasteiger charge is 2.34. The molecule has 25 heavy (non-hydrogen) atoms. The van der Waals surface area contributed by atoms with Gasteiger partial charge in [-0.2, -0.15) is 0 Å². The van der Waals surface area contributed by atoms with Gasteiger partial charge in [0.15, 0.2) is 0 Å². The number of hydrogen-bond acceptors (Lipinski definition) is 4. The molecule has 130 valence electrons. The van der Waals surface area contributed by atoms with Crippen molar-refractivity contribution in [1.82, 2.24) is 4.90 Å². The van der Waals surface area contributed by atoms with Crippen molar-refractivity contribution in [2.75, 3.05) is 19.0 Å². The monoisotopic (exact) mass is 340 g/mol. The van der Waals surface area contributed by atoms with Crippen LogP contribution >= 0.6 is 0 Å². The molecule has 0 spiro atoms. The number of phenols is 1. The molecular weight excluding hydrogens is 320 g/mol. The van der Waals surface area contributed by atoms with E-state index in [1.165, 1.54) is 12.1 Å². The van der Waals surface area contributed by atoms with Gasteiger partial charge in [-0.15, -0.1) is 0 Å². The van der Waals surface area contributed by atoms with Crippen molar-refractivity contribution in [3.05, 3.63) is 54.1 Å². The van der Waals surface area contributed by atoms with Gasteiger partial charge in [-0.05, 0) is 18.2 Å². The standard InChI is InChI=1S/C19H20N2O4/c1-25-17-8-3-2-5-13(17)11-21-12-14(9-18(21)23)19(24)20-15-6-4-7-16(22)10-15/h2-8,10,14,22H,9,11-12H2,1H3,(H,20,24)/t14-/m0/s1. The molecule has 0 saturated carbocycles. The first kappa shape index (κ1) is 16.8. The quantitative estimate of drug-likeness (QED) is 0.876. The van der Waals surface area contributed by atoms with Gasteiger partial charge in [-0.1, -0.05) is 24.3 Å². The Labute approximate surface area is 146 Å². The van der Waals surface area contributed by atoms with Crippen molar-refractivity contribution in [1.29, 1.82) is 0 Å². The van der Waals surface area contributed by atoms with Gasteiger partial charge in [0.05, 0.1) is 13.0 Å². The average Bonchev–Trinajstić information content (AvgIpc) is 2.96. The number of para-hydroxylation sites is 1. The number of phenolic OH excluding ortho intramolecular Hbond substituents is 1. The maximum Gasteiger partial charge on any atom is 0.229 e. The minimum atomic E-state index is -0.412. The lowest BCUT2D eigenvalue weighted by atomic mass is 10.1. The summed E-state index contributed by atoms with van der Waals surface area (Å²) in [5.41, 5.74) is 1.42. The molecule has 1 heterocycles. The van der Waals surface area contributed by atoms with Crippen LogP contribution in [0.5, 0.6) is 11.5 Å². The summed E-state index contributed by atoms with van der Waals surface area (Å²) >= 11 is 0. The van der Waals surface area contributed by atoms with E-state index in [9.17, 15) is 14.7 Å². The Morgan fingerprint density at radius 2 is 2.08 bits per heavy atom. The van der Waals surface area contributed by atoms with Crippen LogP contribution in [0.2, 0.25) is 0 Å². The zero-order valence-corrected chi connectivity index (χ0v) is 13.9. The molecule has 0 radical (unpaired) electrons. The Balaban J connectivity index is 1.64. The summed E-state index contributed by atoms with van der Waals surface area (Å²) in [6.07, 6.45) is 0.180. The fourth-order valence-electron chi connectivity index (χ4n) is 2.97. The minimum Gasteiger partial charge on any atom is -0.508 e. The number of aromatic hydroxyl groups is 1. The third kappa shape index (κ3) is 3.91. The molecule has 1 aliphatic heterocycles. The van der Waals surface area contributed by atoms with Crippen LogP contribution in [-0.4, -0.2) is 35.5 Å². The zero-order chi connectivity index (χ0) is 17.8. The van der Waals surface area contributed by atoms with E-state index in [1.807, 2.05) is 24.3 Å². The normalized spacial score (nSPS) is 16.8. The van der Waals surface area contributed by atoms with Crippen molar-refractivity contribution < 1.29 is 19.4 Å². The maximum absolute atomic E-state index is 12.4. The number of carbonyl (C=O) groups excluding carboxylic acids is 2. The van der Waals surface area contributed by atoms with Gasteiger partial charge in [0.2, 0.25) is 11.8 Å².